The van der Waals surface area contributed by atoms with E-state index in [1.54, 1.807) is 12.4 Å². The van der Waals surface area contributed by atoms with E-state index < -0.39 is 0 Å². The molecule has 0 radical (unpaired) electrons. The van der Waals surface area contributed by atoms with E-state index in [1.807, 2.05) is 60.7 Å². The summed E-state index contributed by atoms with van der Waals surface area (Å²) < 4.78 is 1.000. The zero-order valence-electron chi connectivity index (χ0n) is 13.6. The number of nitrogens with one attached hydrogen (secondary N) is 3. The number of aliphatic imine (C=N–C) groups is 1. The van der Waals surface area contributed by atoms with E-state index in [-0.39, 0.29) is 0 Å². The first-order valence-electron chi connectivity index (χ1n) is 7.70. The quantitative estimate of drug-likeness (QED) is 0.256. The topological polar surface area (TPSA) is 74.2 Å². The molecular weight excluding hydrogens is 412 g/mol. The molecule has 3 N–H and O–H groups in total. The van der Waals surface area contributed by atoms with Crippen LogP contribution in [-0.4, -0.2) is 20.9 Å². The van der Waals surface area contributed by atoms with E-state index in [4.69, 9.17) is 12.2 Å². The minimum Gasteiger partial charge on any atom is -0.331 e. The van der Waals surface area contributed by atoms with E-state index in [0.29, 0.717) is 22.5 Å². The van der Waals surface area contributed by atoms with Crippen LogP contribution in [0.1, 0.15) is 5.69 Å². The standard InChI is InChI=1S/C18H15BrN6S/c19-13-7-9-14(10-8-13)22-18(26)25-24-17(15-5-1-3-11-20-15)23-16-6-2-4-12-21-16/h1-12H,(H,21,23,24)(H2,22,25,26). The van der Waals surface area contributed by atoms with Crippen LogP contribution < -0.4 is 16.2 Å². The van der Waals surface area contributed by atoms with Gasteiger partial charge in [0, 0.05) is 22.6 Å². The maximum atomic E-state index is 5.31. The minimum atomic E-state index is 0.400. The first-order valence-corrected chi connectivity index (χ1v) is 8.90. The summed E-state index contributed by atoms with van der Waals surface area (Å²) in [5, 5.41) is 3.49. The zero-order valence-corrected chi connectivity index (χ0v) is 16.0. The Morgan fingerprint density at radius 1 is 0.885 bits per heavy atom. The van der Waals surface area contributed by atoms with Gasteiger partial charge in [-0.25, -0.2) is 9.98 Å². The normalized spacial score (nSPS) is 10.9. The number of anilines is 1. The molecule has 0 bridgehead atoms. The molecule has 0 saturated heterocycles. The lowest BCUT2D eigenvalue weighted by atomic mass is 10.3. The van der Waals surface area contributed by atoms with Gasteiger partial charge >= 0.3 is 0 Å². The lowest BCUT2D eigenvalue weighted by Crippen LogP contribution is -2.44. The van der Waals surface area contributed by atoms with Gasteiger partial charge in [0.2, 0.25) is 0 Å². The van der Waals surface area contributed by atoms with Gasteiger partial charge in [0.15, 0.2) is 16.8 Å². The largest absolute Gasteiger partial charge is 0.331 e. The van der Waals surface area contributed by atoms with Crippen molar-refractivity contribution in [1.82, 2.24) is 20.8 Å². The average Bonchev–Trinajstić information content (AvgIpc) is 2.68. The highest BCUT2D eigenvalue weighted by molar-refractivity contribution is 9.10. The third-order valence-corrected chi connectivity index (χ3v) is 3.91. The number of nitrogens with zero attached hydrogens (tertiary/aromatic N) is 3. The number of benzene rings is 1. The Morgan fingerprint density at radius 3 is 2.27 bits per heavy atom. The second-order valence-corrected chi connectivity index (χ2v) is 6.40. The predicted molar refractivity (Wildman–Crippen MR) is 111 cm³/mol. The smallest absolute Gasteiger partial charge is 0.189 e. The molecule has 1 aromatic carbocycles. The van der Waals surface area contributed by atoms with Crippen molar-refractivity contribution in [2.45, 2.75) is 0 Å². The lowest BCUT2D eigenvalue weighted by molar-refractivity contribution is 0.868. The maximum Gasteiger partial charge on any atom is 0.189 e. The number of hydrogen-bond donors (Lipinski definition) is 3. The summed E-state index contributed by atoms with van der Waals surface area (Å²) in [7, 11) is 0. The first kappa shape index (κ1) is 18.0. The van der Waals surface area contributed by atoms with E-state index >= 15 is 0 Å². The van der Waals surface area contributed by atoms with Crippen molar-refractivity contribution in [3.63, 3.8) is 0 Å². The average molecular weight is 427 g/mol. The molecule has 2 heterocycles. The molecule has 2 aromatic heterocycles. The van der Waals surface area contributed by atoms with Gasteiger partial charge in [0.1, 0.15) is 5.69 Å². The summed E-state index contributed by atoms with van der Waals surface area (Å²) in [6, 6.07) is 18.8. The molecular formula is C18H15BrN6S. The number of halogens is 1. The molecule has 0 fully saturated rings. The molecule has 3 aromatic rings. The van der Waals surface area contributed by atoms with E-state index in [2.05, 4.69) is 47.1 Å². The highest BCUT2D eigenvalue weighted by atomic mass is 79.9. The Kier molecular flexibility index (Phi) is 6.24. The van der Waals surface area contributed by atoms with Crippen LogP contribution >= 0.6 is 28.1 Å². The van der Waals surface area contributed by atoms with E-state index in [0.717, 1.165) is 10.2 Å². The Labute approximate surface area is 164 Å². The molecule has 0 saturated carbocycles. The van der Waals surface area contributed by atoms with Crippen molar-refractivity contribution in [2.24, 2.45) is 4.99 Å². The fraction of sp³-hybridized carbons (Fsp3) is 0. The van der Waals surface area contributed by atoms with Crippen LogP contribution in [-0.2, 0) is 0 Å². The fourth-order valence-electron chi connectivity index (χ4n) is 2.00. The molecule has 0 aliphatic carbocycles. The SMILES string of the molecule is S=C(NN/C(=N/c1ccccn1)c1ccccn1)Nc1ccc(Br)cc1. The van der Waals surface area contributed by atoms with Crippen LogP contribution in [0.4, 0.5) is 11.5 Å². The van der Waals surface area contributed by atoms with Crippen molar-refractivity contribution < 1.29 is 0 Å². The molecule has 3 rings (SSSR count). The van der Waals surface area contributed by atoms with Crippen molar-refractivity contribution in [2.75, 3.05) is 5.32 Å². The summed E-state index contributed by atoms with van der Waals surface area (Å²) in [4.78, 5) is 13.0. The summed E-state index contributed by atoms with van der Waals surface area (Å²) in [5.74, 6) is 1.07. The molecule has 0 unspecified atom stereocenters. The van der Waals surface area contributed by atoms with Gasteiger partial charge in [0.05, 0.1) is 0 Å². The third-order valence-electron chi connectivity index (χ3n) is 3.18. The summed E-state index contributed by atoms with van der Waals surface area (Å²) in [5.41, 5.74) is 7.46. The van der Waals surface area contributed by atoms with Crippen LogP contribution in [0.5, 0.6) is 0 Å². The Bertz CT molecular complexity index is 885. The summed E-state index contributed by atoms with van der Waals surface area (Å²) in [6.07, 6.45) is 3.38. The monoisotopic (exact) mass is 426 g/mol. The fourth-order valence-corrected chi connectivity index (χ4v) is 2.43. The number of thiocarbonyl (C=S) groups is 1. The van der Waals surface area contributed by atoms with Gasteiger partial charge in [-0.05, 0) is 60.7 Å². The number of hydrogen-bond acceptors (Lipinski definition) is 4. The Morgan fingerprint density at radius 2 is 1.62 bits per heavy atom. The van der Waals surface area contributed by atoms with Crippen LogP contribution in [0.2, 0.25) is 0 Å². The van der Waals surface area contributed by atoms with Crippen LogP contribution in [0.15, 0.2) is 82.5 Å². The lowest BCUT2D eigenvalue weighted by Gasteiger charge is -2.14. The molecule has 0 spiro atoms. The Balaban J connectivity index is 1.71. The number of rotatable bonds is 3. The first-order chi connectivity index (χ1) is 12.7. The molecule has 0 aliphatic rings. The Hall–Kier alpha value is -2.84. The number of amidine groups is 1. The number of aromatic nitrogens is 2. The second kappa shape index (κ2) is 9.02. The predicted octanol–water partition coefficient (Wildman–Crippen LogP) is 3.81. The highest BCUT2D eigenvalue weighted by Crippen LogP contribution is 2.13. The third kappa shape index (κ3) is 5.33. The van der Waals surface area contributed by atoms with Gasteiger partial charge in [0.25, 0.3) is 0 Å². The molecule has 6 nitrogen and oxygen atoms in total. The maximum absolute atomic E-state index is 5.31. The van der Waals surface area contributed by atoms with Crippen molar-refractivity contribution >= 4 is 50.6 Å². The van der Waals surface area contributed by atoms with Crippen molar-refractivity contribution in [3.8, 4) is 0 Å². The minimum absolute atomic E-state index is 0.400. The van der Waals surface area contributed by atoms with E-state index in [1.165, 1.54) is 0 Å². The summed E-state index contributed by atoms with van der Waals surface area (Å²) >= 11 is 8.72. The number of pyridine rings is 2. The highest BCUT2D eigenvalue weighted by Gasteiger charge is 2.06. The van der Waals surface area contributed by atoms with Gasteiger partial charge < -0.3 is 5.32 Å². The molecule has 8 heteroatoms. The van der Waals surface area contributed by atoms with Gasteiger partial charge in [-0.1, -0.05) is 28.1 Å². The van der Waals surface area contributed by atoms with E-state index in [9.17, 15) is 0 Å². The second-order valence-electron chi connectivity index (χ2n) is 5.07. The van der Waals surface area contributed by atoms with Crippen molar-refractivity contribution in [1.29, 1.82) is 0 Å². The zero-order chi connectivity index (χ0) is 18.2. The molecule has 0 atom stereocenters. The molecule has 130 valence electrons. The van der Waals surface area contributed by atoms with Crippen LogP contribution in [0.3, 0.4) is 0 Å². The van der Waals surface area contributed by atoms with Gasteiger partial charge in [-0.15, -0.1) is 0 Å². The van der Waals surface area contributed by atoms with Crippen LogP contribution in [0.25, 0.3) is 0 Å². The van der Waals surface area contributed by atoms with Crippen molar-refractivity contribution in [3.05, 3.63) is 83.2 Å². The van der Waals surface area contributed by atoms with Gasteiger partial charge in [-0.2, -0.15) is 0 Å². The molecule has 0 aliphatic heterocycles. The summed E-state index contributed by atoms with van der Waals surface area (Å²) in [6.45, 7) is 0. The molecule has 0 amide bonds. The number of hydrazine groups is 1. The van der Waals surface area contributed by atoms with Gasteiger partial charge in [-0.3, -0.25) is 15.8 Å². The molecule has 26 heavy (non-hydrogen) atoms. The van der Waals surface area contributed by atoms with Crippen LogP contribution in [0, 0.1) is 0 Å².